The van der Waals surface area contributed by atoms with Crippen LogP contribution in [0.15, 0.2) is 18.2 Å². The Morgan fingerprint density at radius 1 is 1.38 bits per heavy atom. The standard InChI is InChI=1S/C16H17ClN4O4S/c1-4-20(8-14(22)19-16-18-9(2)10(3)26-16)15(23)11-5-6-12(17)13(7-11)21(24)25/h5-7H,4,8H2,1-3H3,(H,18,19,22). The number of likely N-dealkylation sites (N-methyl/N-ethyl adjacent to an activating group) is 1. The number of carbonyl (C=O) groups excluding carboxylic acids is 2. The first kappa shape index (κ1) is 19.8. The minimum absolute atomic E-state index is 0.0538. The molecule has 0 saturated heterocycles. The normalized spacial score (nSPS) is 10.5. The maximum atomic E-state index is 12.6. The van der Waals surface area contributed by atoms with Gasteiger partial charge in [-0.05, 0) is 32.9 Å². The predicted octanol–water partition coefficient (Wildman–Crippen LogP) is 3.42. The number of hydrogen-bond acceptors (Lipinski definition) is 6. The predicted molar refractivity (Wildman–Crippen MR) is 99.9 cm³/mol. The molecule has 1 aromatic carbocycles. The molecule has 2 aromatic rings. The highest BCUT2D eigenvalue weighted by atomic mass is 35.5. The van der Waals surface area contributed by atoms with Crippen LogP contribution in [-0.4, -0.2) is 39.7 Å². The van der Waals surface area contributed by atoms with E-state index in [0.29, 0.717) is 5.13 Å². The van der Waals surface area contributed by atoms with Crippen LogP contribution in [0.5, 0.6) is 0 Å². The van der Waals surface area contributed by atoms with E-state index < -0.39 is 16.7 Å². The van der Waals surface area contributed by atoms with Gasteiger partial charge in [-0.2, -0.15) is 0 Å². The molecule has 2 rings (SSSR count). The van der Waals surface area contributed by atoms with Gasteiger partial charge in [0.05, 0.1) is 10.6 Å². The molecule has 0 aliphatic rings. The van der Waals surface area contributed by atoms with Crippen LogP contribution in [0.3, 0.4) is 0 Å². The summed E-state index contributed by atoms with van der Waals surface area (Å²) in [6.45, 7) is 5.53. The molecule has 1 aromatic heterocycles. The third kappa shape index (κ3) is 4.55. The monoisotopic (exact) mass is 396 g/mol. The molecule has 0 bridgehead atoms. The van der Waals surface area contributed by atoms with E-state index in [1.807, 2.05) is 13.8 Å². The maximum Gasteiger partial charge on any atom is 0.288 e. The fourth-order valence-corrected chi connectivity index (χ4v) is 3.17. The van der Waals surface area contributed by atoms with Gasteiger partial charge in [-0.25, -0.2) is 4.98 Å². The zero-order valence-electron chi connectivity index (χ0n) is 14.4. The highest BCUT2D eigenvalue weighted by Crippen LogP contribution is 2.26. The van der Waals surface area contributed by atoms with Crippen molar-refractivity contribution >= 4 is 45.6 Å². The van der Waals surface area contributed by atoms with Crippen LogP contribution in [0.1, 0.15) is 27.9 Å². The number of aryl methyl sites for hydroxylation is 2. The quantitative estimate of drug-likeness (QED) is 0.594. The number of carbonyl (C=O) groups is 2. The van der Waals surface area contributed by atoms with Crippen LogP contribution in [0.25, 0.3) is 0 Å². The number of nitrogens with one attached hydrogen (secondary N) is 1. The summed E-state index contributed by atoms with van der Waals surface area (Å²) in [4.78, 5) is 41.6. The minimum atomic E-state index is -0.658. The van der Waals surface area contributed by atoms with E-state index in [1.54, 1.807) is 6.92 Å². The number of anilines is 1. The second-order valence-electron chi connectivity index (χ2n) is 5.45. The average molecular weight is 397 g/mol. The lowest BCUT2D eigenvalue weighted by Crippen LogP contribution is -2.37. The van der Waals surface area contributed by atoms with Gasteiger partial charge in [-0.3, -0.25) is 19.7 Å². The summed E-state index contributed by atoms with van der Waals surface area (Å²) in [7, 11) is 0. The van der Waals surface area contributed by atoms with Crippen LogP contribution in [0.2, 0.25) is 5.02 Å². The fraction of sp³-hybridized carbons (Fsp3) is 0.312. The molecule has 0 spiro atoms. The first-order valence-electron chi connectivity index (χ1n) is 7.70. The molecular formula is C16H17ClN4O4S. The Labute approximate surface area is 158 Å². The van der Waals surface area contributed by atoms with E-state index in [0.717, 1.165) is 16.6 Å². The number of hydrogen-bond donors (Lipinski definition) is 1. The summed E-state index contributed by atoms with van der Waals surface area (Å²) in [5, 5.41) is 14.0. The lowest BCUT2D eigenvalue weighted by molar-refractivity contribution is -0.384. The molecule has 138 valence electrons. The second-order valence-corrected chi connectivity index (χ2v) is 7.06. The number of rotatable bonds is 6. The Bertz CT molecular complexity index is 848. The summed E-state index contributed by atoms with van der Waals surface area (Å²) in [6, 6.07) is 3.80. The van der Waals surface area contributed by atoms with Crippen molar-refractivity contribution in [3.05, 3.63) is 49.5 Å². The van der Waals surface area contributed by atoms with Crippen molar-refractivity contribution in [2.24, 2.45) is 0 Å². The number of nitro benzene ring substituents is 1. The van der Waals surface area contributed by atoms with Gasteiger partial charge in [0.25, 0.3) is 11.6 Å². The van der Waals surface area contributed by atoms with E-state index in [9.17, 15) is 19.7 Å². The topological polar surface area (TPSA) is 105 Å². The van der Waals surface area contributed by atoms with Gasteiger partial charge in [0.15, 0.2) is 5.13 Å². The number of amides is 2. The molecule has 1 N–H and O–H groups in total. The highest BCUT2D eigenvalue weighted by Gasteiger charge is 2.22. The van der Waals surface area contributed by atoms with Gasteiger partial charge in [0.2, 0.25) is 5.91 Å². The third-order valence-electron chi connectivity index (χ3n) is 3.67. The fourth-order valence-electron chi connectivity index (χ4n) is 2.15. The molecule has 0 saturated carbocycles. The minimum Gasteiger partial charge on any atom is -0.330 e. The molecule has 0 fully saturated rings. The Balaban J connectivity index is 2.12. The molecular weight excluding hydrogens is 380 g/mol. The van der Waals surface area contributed by atoms with Crippen LogP contribution in [-0.2, 0) is 4.79 Å². The van der Waals surface area contributed by atoms with Crippen molar-refractivity contribution < 1.29 is 14.5 Å². The molecule has 1 heterocycles. The molecule has 0 radical (unpaired) electrons. The molecule has 0 aliphatic carbocycles. The van der Waals surface area contributed by atoms with Gasteiger partial charge in [-0.15, -0.1) is 11.3 Å². The molecule has 10 heteroatoms. The molecule has 2 amide bonds. The van der Waals surface area contributed by atoms with E-state index in [1.165, 1.54) is 28.4 Å². The summed E-state index contributed by atoms with van der Waals surface area (Å²) in [5.41, 5.74) is 0.575. The van der Waals surface area contributed by atoms with Crippen LogP contribution >= 0.6 is 22.9 Å². The SMILES string of the molecule is CCN(CC(=O)Nc1nc(C)c(C)s1)C(=O)c1ccc(Cl)c([N+](=O)[O-])c1. The summed E-state index contributed by atoms with van der Waals surface area (Å²) < 4.78 is 0. The second kappa shape index (κ2) is 8.24. The van der Waals surface area contributed by atoms with Crippen LogP contribution in [0.4, 0.5) is 10.8 Å². The van der Waals surface area contributed by atoms with Gasteiger partial charge in [0, 0.05) is 23.1 Å². The van der Waals surface area contributed by atoms with Crippen molar-refractivity contribution in [3.8, 4) is 0 Å². The van der Waals surface area contributed by atoms with Gasteiger partial charge >= 0.3 is 0 Å². The summed E-state index contributed by atoms with van der Waals surface area (Å²) in [6.07, 6.45) is 0. The van der Waals surface area contributed by atoms with Crippen LogP contribution in [0, 0.1) is 24.0 Å². The third-order valence-corrected chi connectivity index (χ3v) is 4.98. The Hall–Kier alpha value is -2.52. The molecule has 0 unspecified atom stereocenters. The number of thiazole rings is 1. The molecule has 0 atom stereocenters. The van der Waals surface area contributed by atoms with Gasteiger partial charge in [0.1, 0.15) is 11.6 Å². The lowest BCUT2D eigenvalue weighted by atomic mass is 10.1. The zero-order chi connectivity index (χ0) is 19.4. The van der Waals surface area contributed by atoms with Crippen molar-refractivity contribution in [2.75, 3.05) is 18.4 Å². The van der Waals surface area contributed by atoms with Crippen LogP contribution < -0.4 is 5.32 Å². The van der Waals surface area contributed by atoms with Crippen molar-refractivity contribution in [1.82, 2.24) is 9.88 Å². The van der Waals surface area contributed by atoms with Crippen molar-refractivity contribution in [3.63, 3.8) is 0 Å². The average Bonchev–Trinajstić information content (AvgIpc) is 2.89. The molecule has 26 heavy (non-hydrogen) atoms. The number of nitro groups is 1. The van der Waals surface area contributed by atoms with Gasteiger partial charge in [-0.1, -0.05) is 11.6 Å². The van der Waals surface area contributed by atoms with Gasteiger partial charge < -0.3 is 10.2 Å². The maximum absolute atomic E-state index is 12.6. The summed E-state index contributed by atoms with van der Waals surface area (Å²) in [5.74, 6) is -0.883. The Morgan fingerprint density at radius 2 is 2.08 bits per heavy atom. The van der Waals surface area contributed by atoms with E-state index in [2.05, 4.69) is 10.3 Å². The largest absolute Gasteiger partial charge is 0.330 e. The lowest BCUT2D eigenvalue weighted by Gasteiger charge is -2.20. The van der Waals surface area contributed by atoms with E-state index in [4.69, 9.17) is 11.6 Å². The van der Waals surface area contributed by atoms with Crippen molar-refractivity contribution in [1.29, 1.82) is 0 Å². The Kier molecular flexibility index (Phi) is 6.27. The molecule has 0 aliphatic heterocycles. The van der Waals surface area contributed by atoms with E-state index in [-0.39, 0.29) is 29.4 Å². The zero-order valence-corrected chi connectivity index (χ0v) is 16.0. The summed E-state index contributed by atoms with van der Waals surface area (Å²) >= 11 is 7.11. The van der Waals surface area contributed by atoms with E-state index >= 15 is 0 Å². The first-order chi connectivity index (χ1) is 12.2. The number of benzene rings is 1. The highest BCUT2D eigenvalue weighted by molar-refractivity contribution is 7.15. The number of halogens is 1. The molecule has 8 nitrogen and oxygen atoms in total. The smallest absolute Gasteiger partial charge is 0.288 e. The number of aromatic nitrogens is 1. The van der Waals surface area contributed by atoms with Crippen molar-refractivity contribution in [2.45, 2.75) is 20.8 Å². The first-order valence-corrected chi connectivity index (χ1v) is 8.89. The number of nitrogens with zero attached hydrogens (tertiary/aromatic N) is 3. The Morgan fingerprint density at radius 3 is 2.62 bits per heavy atom.